The van der Waals surface area contributed by atoms with Crippen LogP contribution in [-0.4, -0.2) is 24.2 Å². The van der Waals surface area contributed by atoms with Gasteiger partial charge in [-0.15, -0.1) is 0 Å². The van der Waals surface area contributed by atoms with Gasteiger partial charge in [-0.25, -0.2) is 0 Å². The van der Waals surface area contributed by atoms with E-state index in [-0.39, 0.29) is 18.3 Å². The Morgan fingerprint density at radius 3 is 3.06 bits per heavy atom. The number of hydrogen-bond donors (Lipinski definition) is 0. The molecule has 0 aliphatic carbocycles. The average Bonchev–Trinajstić information content (AvgIpc) is 2.84. The highest BCUT2D eigenvalue weighted by Crippen LogP contribution is 2.21. The van der Waals surface area contributed by atoms with Crippen molar-refractivity contribution in [3.05, 3.63) is 39.7 Å². The maximum atomic E-state index is 13.7. The van der Waals surface area contributed by atoms with E-state index in [1.165, 1.54) is 12.1 Å². The van der Waals surface area contributed by atoms with Crippen LogP contribution in [0.1, 0.15) is 18.4 Å². The van der Waals surface area contributed by atoms with Crippen molar-refractivity contribution in [3.8, 4) is 0 Å². The molecule has 0 aromatic heterocycles. The predicted molar refractivity (Wildman–Crippen MR) is 61.7 cm³/mol. The number of nitrogens with zero attached hydrogens (tertiary/aromatic N) is 1. The summed E-state index contributed by atoms with van der Waals surface area (Å²) in [6.45, 7) is 1.15. The van der Waals surface area contributed by atoms with Gasteiger partial charge >= 0.3 is 5.69 Å². The van der Waals surface area contributed by atoms with E-state index >= 15 is 0 Å². The van der Waals surface area contributed by atoms with E-state index in [4.69, 9.17) is 9.47 Å². The Morgan fingerprint density at radius 1 is 1.56 bits per heavy atom. The van der Waals surface area contributed by atoms with Gasteiger partial charge in [0.05, 0.1) is 24.2 Å². The summed E-state index contributed by atoms with van der Waals surface area (Å²) in [5.74, 6) is -0.824. The van der Waals surface area contributed by atoms with E-state index in [0.717, 1.165) is 25.5 Å². The molecule has 1 heterocycles. The molecular formula is C12H14FNO4. The largest absolute Gasteiger partial charge is 0.376 e. The summed E-state index contributed by atoms with van der Waals surface area (Å²) in [6.07, 6.45) is 2.02. The minimum absolute atomic E-state index is 0.0212. The van der Waals surface area contributed by atoms with Crippen molar-refractivity contribution in [2.24, 2.45) is 0 Å². The van der Waals surface area contributed by atoms with Crippen LogP contribution in [0.3, 0.4) is 0 Å². The van der Waals surface area contributed by atoms with Crippen LogP contribution < -0.4 is 0 Å². The Kier molecular flexibility index (Phi) is 4.22. The minimum atomic E-state index is -0.824. The number of benzene rings is 1. The number of halogens is 1. The first kappa shape index (κ1) is 12.9. The van der Waals surface area contributed by atoms with Crippen molar-refractivity contribution in [2.45, 2.75) is 25.6 Å². The molecule has 0 radical (unpaired) electrons. The molecule has 0 bridgehead atoms. The Labute approximate surface area is 104 Å². The van der Waals surface area contributed by atoms with Gasteiger partial charge in [-0.3, -0.25) is 10.1 Å². The molecule has 0 saturated carbocycles. The first-order chi connectivity index (χ1) is 8.68. The summed E-state index contributed by atoms with van der Waals surface area (Å²) in [7, 11) is 0. The first-order valence-corrected chi connectivity index (χ1v) is 5.79. The highest BCUT2D eigenvalue weighted by Gasteiger charge is 2.19. The zero-order chi connectivity index (χ0) is 13.0. The van der Waals surface area contributed by atoms with Crippen molar-refractivity contribution in [1.29, 1.82) is 0 Å². The number of nitro groups is 1. The van der Waals surface area contributed by atoms with Crippen LogP contribution in [0, 0.1) is 15.9 Å². The summed E-state index contributed by atoms with van der Waals surface area (Å²) >= 11 is 0. The molecule has 0 amide bonds. The number of nitro benzene ring substituents is 1. The summed E-state index contributed by atoms with van der Waals surface area (Å²) in [4.78, 5) is 9.82. The van der Waals surface area contributed by atoms with E-state index in [9.17, 15) is 14.5 Å². The van der Waals surface area contributed by atoms with Crippen molar-refractivity contribution < 1.29 is 18.8 Å². The van der Waals surface area contributed by atoms with Gasteiger partial charge in [-0.1, -0.05) is 12.1 Å². The van der Waals surface area contributed by atoms with Crippen LogP contribution in [0.2, 0.25) is 0 Å². The van der Waals surface area contributed by atoms with Crippen LogP contribution in [0.15, 0.2) is 18.2 Å². The maximum absolute atomic E-state index is 13.7. The molecular weight excluding hydrogens is 241 g/mol. The molecule has 6 heteroatoms. The smallest absolute Gasteiger partial charge is 0.305 e. The first-order valence-electron chi connectivity index (χ1n) is 5.79. The molecule has 1 atom stereocenters. The Hall–Kier alpha value is -1.53. The van der Waals surface area contributed by atoms with Gasteiger partial charge in [0.1, 0.15) is 0 Å². The third-order valence-electron chi connectivity index (χ3n) is 2.84. The fourth-order valence-corrected chi connectivity index (χ4v) is 1.89. The minimum Gasteiger partial charge on any atom is -0.376 e. The normalized spacial score (nSPS) is 19.1. The van der Waals surface area contributed by atoms with Gasteiger partial charge in [0.25, 0.3) is 0 Å². The van der Waals surface area contributed by atoms with E-state index in [1.54, 1.807) is 0 Å². The lowest BCUT2D eigenvalue weighted by atomic mass is 10.2. The number of rotatable bonds is 5. The van der Waals surface area contributed by atoms with E-state index in [0.29, 0.717) is 6.61 Å². The fraction of sp³-hybridized carbons (Fsp3) is 0.500. The SMILES string of the molecule is O=[N+]([O-])c1cccc(COCC2CCCO2)c1F. The van der Waals surface area contributed by atoms with Crippen molar-refractivity contribution >= 4 is 5.69 Å². The third-order valence-corrected chi connectivity index (χ3v) is 2.84. The molecule has 98 valence electrons. The van der Waals surface area contributed by atoms with E-state index < -0.39 is 16.4 Å². The zero-order valence-electron chi connectivity index (χ0n) is 9.80. The lowest BCUT2D eigenvalue weighted by Crippen LogP contribution is -2.14. The summed E-state index contributed by atoms with van der Waals surface area (Å²) in [6, 6.07) is 4.07. The van der Waals surface area contributed by atoms with E-state index in [2.05, 4.69) is 0 Å². The van der Waals surface area contributed by atoms with Gasteiger partial charge in [0.15, 0.2) is 0 Å². The second kappa shape index (κ2) is 5.88. The van der Waals surface area contributed by atoms with Crippen LogP contribution in [0.5, 0.6) is 0 Å². The topological polar surface area (TPSA) is 61.6 Å². The monoisotopic (exact) mass is 255 g/mol. The molecule has 1 aliphatic rings. The molecule has 1 unspecified atom stereocenters. The number of hydrogen-bond acceptors (Lipinski definition) is 4. The second-order valence-electron chi connectivity index (χ2n) is 4.16. The molecule has 1 aromatic carbocycles. The molecule has 5 nitrogen and oxygen atoms in total. The van der Waals surface area contributed by atoms with Gasteiger partial charge in [0, 0.05) is 18.2 Å². The molecule has 2 rings (SSSR count). The Morgan fingerprint density at radius 2 is 2.39 bits per heavy atom. The summed E-state index contributed by atoms with van der Waals surface area (Å²) in [5.41, 5.74) is -0.324. The van der Waals surface area contributed by atoms with Crippen LogP contribution in [-0.2, 0) is 16.1 Å². The standard InChI is InChI=1S/C12H14FNO4/c13-12-9(3-1-5-11(12)14(15)16)7-17-8-10-4-2-6-18-10/h1,3,5,10H,2,4,6-8H2. The van der Waals surface area contributed by atoms with Gasteiger partial charge in [-0.05, 0) is 12.8 Å². The van der Waals surface area contributed by atoms with Crippen LogP contribution >= 0.6 is 0 Å². The van der Waals surface area contributed by atoms with Crippen LogP contribution in [0.4, 0.5) is 10.1 Å². The average molecular weight is 255 g/mol. The highest BCUT2D eigenvalue weighted by molar-refractivity contribution is 5.36. The van der Waals surface area contributed by atoms with Gasteiger partial charge in [0.2, 0.25) is 5.82 Å². The molecule has 1 saturated heterocycles. The zero-order valence-corrected chi connectivity index (χ0v) is 9.80. The predicted octanol–water partition coefficient (Wildman–Crippen LogP) is 2.43. The molecule has 1 fully saturated rings. The van der Waals surface area contributed by atoms with Gasteiger partial charge < -0.3 is 9.47 Å². The Bertz CT molecular complexity index is 432. The molecule has 18 heavy (non-hydrogen) atoms. The third kappa shape index (κ3) is 3.02. The van der Waals surface area contributed by atoms with Crippen molar-refractivity contribution in [3.63, 3.8) is 0 Å². The maximum Gasteiger partial charge on any atom is 0.305 e. The molecule has 0 spiro atoms. The lowest BCUT2D eigenvalue weighted by molar-refractivity contribution is -0.387. The molecule has 1 aliphatic heterocycles. The number of ether oxygens (including phenoxy) is 2. The molecule has 1 aromatic rings. The summed E-state index contributed by atoms with van der Waals surface area (Å²) in [5, 5.41) is 10.6. The highest BCUT2D eigenvalue weighted by atomic mass is 19.1. The van der Waals surface area contributed by atoms with E-state index in [1.807, 2.05) is 0 Å². The van der Waals surface area contributed by atoms with Gasteiger partial charge in [-0.2, -0.15) is 4.39 Å². The van der Waals surface area contributed by atoms with Crippen molar-refractivity contribution in [2.75, 3.05) is 13.2 Å². The fourth-order valence-electron chi connectivity index (χ4n) is 1.89. The second-order valence-corrected chi connectivity index (χ2v) is 4.16. The lowest BCUT2D eigenvalue weighted by Gasteiger charge is -2.10. The molecule has 0 N–H and O–H groups in total. The summed E-state index contributed by atoms with van der Waals surface area (Å²) < 4.78 is 24.4. The van der Waals surface area contributed by atoms with Crippen molar-refractivity contribution in [1.82, 2.24) is 0 Å². The van der Waals surface area contributed by atoms with Crippen LogP contribution in [0.25, 0.3) is 0 Å². The Balaban J connectivity index is 1.92. The quantitative estimate of drug-likeness (QED) is 0.598.